The predicted octanol–water partition coefficient (Wildman–Crippen LogP) is 2.50. The molecule has 2 N–H and O–H groups in total. The first-order valence-electron chi connectivity index (χ1n) is 5.93. The van der Waals surface area contributed by atoms with Crippen molar-refractivity contribution in [3.8, 4) is 0 Å². The Morgan fingerprint density at radius 2 is 1.47 bits per heavy atom. The maximum atomic E-state index is 11.1. The Morgan fingerprint density at radius 3 is 1.80 bits per heavy atom. The van der Waals surface area contributed by atoms with Crippen LogP contribution in [0.3, 0.4) is 0 Å². The van der Waals surface area contributed by atoms with E-state index < -0.39 is 0 Å². The fourth-order valence-corrected chi connectivity index (χ4v) is 4.88. The number of halogens is 1. The third kappa shape index (κ3) is 1.89. The lowest BCUT2D eigenvalue weighted by atomic mass is 9.49. The lowest BCUT2D eigenvalue weighted by Gasteiger charge is -2.56. The van der Waals surface area contributed by atoms with Gasteiger partial charge in [0.25, 0.3) is 0 Å². The molecule has 4 aliphatic carbocycles. The van der Waals surface area contributed by atoms with Crippen molar-refractivity contribution in [2.75, 3.05) is 0 Å². The van der Waals surface area contributed by atoms with Crippen LogP contribution in [0, 0.1) is 23.2 Å². The smallest absolute Gasteiger partial charge is 0.217 e. The molecule has 86 valence electrons. The van der Waals surface area contributed by atoms with Crippen molar-refractivity contribution >= 4 is 18.3 Å². The summed E-state index contributed by atoms with van der Waals surface area (Å²) in [5, 5.41) is 0. The first-order chi connectivity index (χ1) is 6.65. The zero-order valence-corrected chi connectivity index (χ0v) is 9.89. The van der Waals surface area contributed by atoms with Gasteiger partial charge in [0.1, 0.15) is 0 Å². The van der Waals surface area contributed by atoms with Gasteiger partial charge in [-0.25, -0.2) is 0 Å². The van der Waals surface area contributed by atoms with Crippen molar-refractivity contribution in [2.45, 2.75) is 44.9 Å². The number of carbonyl (C=O) groups is 1. The number of hydrogen-bond acceptors (Lipinski definition) is 1. The van der Waals surface area contributed by atoms with Crippen LogP contribution >= 0.6 is 12.4 Å². The molecule has 0 spiro atoms. The lowest BCUT2D eigenvalue weighted by Crippen LogP contribution is -2.47. The standard InChI is InChI=1S/C12H19NO.ClH/c13-11(14)7-12-4-8-1-9(5-12)3-10(2-8)6-12;/h8-10H,1-7H2,(H2,13,14);1H. The molecule has 4 bridgehead atoms. The normalized spacial score (nSPS) is 46.3. The van der Waals surface area contributed by atoms with Gasteiger partial charge in [-0.15, -0.1) is 12.4 Å². The minimum absolute atomic E-state index is 0. The Hall–Kier alpha value is -0.240. The van der Waals surface area contributed by atoms with Gasteiger partial charge < -0.3 is 5.73 Å². The maximum absolute atomic E-state index is 11.1. The van der Waals surface area contributed by atoms with E-state index >= 15 is 0 Å². The molecule has 2 nitrogen and oxygen atoms in total. The molecule has 1 amide bonds. The van der Waals surface area contributed by atoms with E-state index in [9.17, 15) is 4.79 Å². The molecule has 4 rings (SSSR count). The number of primary amides is 1. The summed E-state index contributed by atoms with van der Waals surface area (Å²) in [6.45, 7) is 0. The van der Waals surface area contributed by atoms with Crippen LogP contribution in [0.4, 0.5) is 0 Å². The molecule has 0 radical (unpaired) electrons. The largest absolute Gasteiger partial charge is 0.370 e. The average molecular weight is 230 g/mol. The van der Waals surface area contributed by atoms with Crippen molar-refractivity contribution in [2.24, 2.45) is 28.9 Å². The third-order valence-corrected chi connectivity index (χ3v) is 4.71. The number of hydrogen-bond donors (Lipinski definition) is 1. The van der Waals surface area contributed by atoms with E-state index in [1.165, 1.54) is 38.5 Å². The van der Waals surface area contributed by atoms with E-state index in [4.69, 9.17) is 5.73 Å². The van der Waals surface area contributed by atoms with Crippen molar-refractivity contribution in [3.63, 3.8) is 0 Å². The minimum Gasteiger partial charge on any atom is -0.370 e. The van der Waals surface area contributed by atoms with Crippen LogP contribution in [-0.4, -0.2) is 5.91 Å². The summed E-state index contributed by atoms with van der Waals surface area (Å²) < 4.78 is 0. The summed E-state index contributed by atoms with van der Waals surface area (Å²) in [5.41, 5.74) is 5.72. The number of rotatable bonds is 2. The van der Waals surface area contributed by atoms with Gasteiger partial charge in [0.05, 0.1) is 0 Å². The SMILES string of the molecule is Cl.NC(=O)CC12CC3CC(CC(C3)C1)C2. The van der Waals surface area contributed by atoms with Gasteiger partial charge in [-0.2, -0.15) is 0 Å². The monoisotopic (exact) mass is 229 g/mol. The number of nitrogens with two attached hydrogens (primary N) is 1. The van der Waals surface area contributed by atoms with Gasteiger partial charge in [-0.1, -0.05) is 0 Å². The van der Waals surface area contributed by atoms with Crippen LogP contribution in [0.1, 0.15) is 44.9 Å². The molecule has 0 unspecified atom stereocenters. The van der Waals surface area contributed by atoms with Gasteiger partial charge in [0.2, 0.25) is 5.91 Å². The van der Waals surface area contributed by atoms with Gasteiger partial charge in [-0.05, 0) is 61.7 Å². The zero-order chi connectivity index (χ0) is 9.76. The number of amides is 1. The van der Waals surface area contributed by atoms with Crippen molar-refractivity contribution < 1.29 is 4.79 Å². The summed E-state index contributed by atoms with van der Waals surface area (Å²) in [6.07, 6.45) is 8.87. The molecule has 4 fully saturated rings. The molecule has 4 saturated carbocycles. The quantitative estimate of drug-likeness (QED) is 0.777. The Morgan fingerprint density at radius 1 is 1.07 bits per heavy atom. The topological polar surface area (TPSA) is 43.1 Å². The molecule has 0 saturated heterocycles. The van der Waals surface area contributed by atoms with E-state index in [-0.39, 0.29) is 18.3 Å². The summed E-state index contributed by atoms with van der Waals surface area (Å²) in [5.74, 6) is 2.72. The zero-order valence-electron chi connectivity index (χ0n) is 9.08. The fourth-order valence-electron chi connectivity index (χ4n) is 4.88. The summed E-state index contributed by atoms with van der Waals surface area (Å²) in [4.78, 5) is 11.1. The van der Waals surface area contributed by atoms with Crippen molar-refractivity contribution in [3.05, 3.63) is 0 Å². The first kappa shape index (κ1) is 11.3. The van der Waals surface area contributed by atoms with Crippen LogP contribution in [0.15, 0.2) is 0 Å². The Labute approximate surface area is 97.4 Å². The maximum Gasteiger partial charge on any atom is 0.217 e. The summed E-state index contributed by atoms with van der Waals surface area (Å²) >= 11 is 0. The van der Waals surface area contributed by atoms with Crippen LogP contribution in [0.25, 0.3) is 0 Å². The second-order valence-electron chi connectivity index (χ2n) is 6.06. The van der Waals surface area contributed by atoms with Crippen LogP contribution in [-0.2, 0) is 4.79 Å². The van der Waals surface area contributed by atoms with Gasteiger partial charge >= 0.3 is 0 Å². The molecule has 4 aliphatic rings. The predicted molar refractivity (Wildman–Crippen MR) is 61.7 cm³/mol. The molecular weight excluding hydrogens is 210 g/mol. The molecule has 0 aromatic carbocycles. The van der Waals surface area contributed by atoms with E-state index in [1.54, 1.807) is 0 Å². The highest BCUT2D eigenvalue weighted by Crippen LogP contribution is 2.61. The average Bonchev–Trinajstić information content (AvgIpc) is 1.96. The van der Waals surface area contributed by atoms with Gasteiger partial charge in [0, 0.05) is 6.42 Å². The van der Waals surface area contributed by atoms with Crippen LogP contribution < -0.4 is 5.73 Å². The van der Waals surface area contributed by atoms with Gasteiger partial charge in [-0.3, -0.25) is 4.79 Å². The molecule has 0 atom stereocenters. The Bertz CT molecular complexity index is 242. The molecular formula is C12H20ClNO. The molecule has 15 heavy (non-hydrogen) atoms. The highest BCUT2D eigenvalue weighted by atomic mass is 35.5. The molecule has 0 heterocycles. The molecule has 0 aromatic heterocycles. The third-order valence-electron chi connectivity index (χ3n) is 4.71. The van der Waals surface area contributed by atoms with E-state index in [0.717, 1.165) is 17.8 Å². The molecule has 0 aliphatic heterocycles. The second-order valence-corrected chi connectivity index (χ2v) is 6.06. The lowest BCUT2D eigenvalue weighted by molar-refractivity contribution is -0.126. The van der Waals surface area contributed by atoms with E-state index in [1.807, 2.05) is 0 Å². The van der Waals surface area contributed by atoms with E-state index in [2.05, 4.69) is 0 Å². The minimum atomic E-state index is -0.0769. The van der Waals surface area contributed by atoms with E-state index in [0.29, 0.717) is 11.8 Å². The fraction of sp³-hybridized carbons (Fsp3) is 0.917. The van der Waals surface area contributed by atoms with Crippen molar-refractivity contribution in [1.82, 2.24) is 0 Å². The Balaban J connectivity index is 0.000000853. The highest BCUT2D eigenvalue weighted by molar-refractivity contribution is 5.85. The molecule has 3 heteroatoms. The Kier molecular flexibility index (Phi) is 2.74. The molecule has 0 aromatic rings. The van der Waals surface area contributed by atoms with Gasteiger partial charge in [0.15, 0.2) is 0 Å². The highest BCUT2D eigenvalue weighted by Gasteiger charge is 2.51. The summed E-state index contributed by atoms with van der Waals surface area (Å²) in [6, 6.07) is 0. The number of carbonyl (C=O) groups excluding carboxylic acids is 1. The summed E-state index contributed by atoms with van der Waals surface area (Å²) in [7, 11) is 0. The van der Waals surface area contributed by atoms with Crippen LogP contribution in [0.5, 0.6) is 0 Å². The second kappa shape index (κ2) is 3.65. The first-order valence-corrected chi connectivity index (χ1v) is 5.93. The van der Waals surface area contributed by atoms with Crippen molar-refractivity contribution in [1.29, 1.82) is 0 Å². The van der Waals surface area contributed by atoms with Crippen LogP contribution in [0.2, 0.25) is 0 Å².